The third-order valence-electron chi connectivity index (χ3n) is 1.99. The summed E-state index contributed by atoms with van der Waals surface area (Å²) in [6.07, 6.45) is 1.54. The Balaban J connectivity index is 2.27. The summed E-state index contributed by atoms with van der Waals surface area (Å²) < 4.78 is 19.0. The summed E-state index contributed by atoms with van der Waals surface area (Å²) >= 11 is 3.25. The predicted molar refractivity (Wildman–Crippen MR) is 64.1 cm³/mol. The fraction of sp³-hybridized carbons (Fsp3) is 0.0909. The van der Waals surface area contributed by atoms with E-state index in [4.69, 9.17) is 10.5 Å². The zero-order valence-electron chi connectivity index (χ0n) is 8.73. The molecular weight excluding hydrogens is 289 g/mol. The van der Waals surface area contributed by atoms with E-state index in [0.29, 0.717) is 22.5 Å². The van der Waals surface area contributed by atoms with E-state index < -0.39 is 5.82 Å². The molecule has 0 aliphatic heterocycles. The van der Waals surface area contributed by atoms with Crippen molar-refractivity contribution in [2.75, 3.05) is 0 Å². The summed E-state index contributed by atoms with van der Waals surface area (Å²) in [6.45, 7) is 0.295. The van der Waals surface area contributed by atoms with Crippen LogP contribution in [0.3, 0.4) is 0 Å². The summed E-state index contributed by atoms with van der Waals surface area (Å²) in [4.78, 5) is 7.98. The third kappa shape index (κ3) is 2.98. The summed E-state index contributed by atoms with van der Waals surface area (Å²) in [5.74, 6) is -0.0719. The molecule has 0 atom stereocenters. The van der Waals surface area contributed by atoms with Gasteiger partial charge in [-0.1, -0.05) is 0 Å². The molecule has 0 saturated heterocycles. The van der Waals surface area contributed by atoms with E-state index in [1.165, 1.54) is 18.3 Å². The van der Waals surface area contributed by atoms with Crippen molar-refractivity contribution in [3.63, 3.8) is 0 Å². The lowest BCUT2D eigenvalue weighted by Gasteiger charge is -2.06. The molecule has 2 aromatic rings. The average Bonchev–Trinajstić information content (AvgIpc) is 2.34. The number of ether oxygens (including phenoxy) is 1. The number of hydrogen-bond donors (Lipinski definition) is 1. The zero-order chi connectivity index (χ0) is 12.3. The minimum absolute atomic E-state index is 0.138. The molecule has 0 bridgehead atoms. The minimum Gasteiger partial charge on any atom is -0.423 e. The first-order valence-corrected chi connectivity index (χ1v) is 5.63. The monoisotopic (exact) mass is 297 g/mol. The molecule has 2 N–H and O–H groups in total. The van der Waals surface area contributed by atoms with Crippen LogP contribution in [0.4, 0.5) is 4.39 Å². The Kier molecular flexibility index (Phi) is 3.65. The van der Waals surface area contributed by atoms with Gasteiger partial charge >= 0.3 is 6.01 Å². The van der Waals surface area contributed by atoms with Gasteiger partial charge in [-0.05, 0) is 34.1 Å². The highest BCUT2D eigenvalue weighted by molar-refractivity contribution is 9.10. The van der Waals surface area contributed by atoms with Gasteiger partial charge in [-0.15, -0.1) is 0 Å². The van der Waals surface area contributed by atoms with Gasteiger partial charge in [0.1, 0.15) is 11.6 Å². The van der Waals surface area contributed by atoms with Crippen LogP contribution in [0, 0.1) is 5.82 Å². The van der Waals surface area contributed by atoms with Crippen LogP contribution < -0.4 is 10.5 Å². The molecule has 0 aliphatic carbocycles. The lowest BCUT2D eigenvalue weighted by molar-refractivity contribution is 0.433. The first-order valence-electron chi connectivity index (χ1n) is 4.84. The Morgan fingerprint density at radius 3 is 2.94 bits per heavy atom. The van der Waals surface area contributed by atoms with Crippen molar-refractivity contribution in [1.82, 2.24) is 9.97 Å². The first kappa shape index (κ1) is 11.9. The smallest absolute Gasteiger partial charge is 0.322 e. The van der Waals surface area contributed by atoms with Gasteiger partial charge in [0.05, 0.1) is 10.2 Å². The molecule has 6 heteroatoms. The van der Waals surface area contributed by atoms with Crippen molar-refractivity contribution in [3.8, 4) is 11.8 Å². The SMILES string of the molecule is NCc1ccnc(Oc2cc(F)ccc2Br)n1. The van der Waals surface area contributed by atoms with E-state index in [2.05, 4.69) is 25.9 Å². The van der Waals surface area contributed by atoms with E-state index in [1.807, 2.05) is 0 Å². The Labute approximate surface area is 106 Å². The minimum atomic E-state index is -0.391. The van der Waals surface area contributed by atoms with E-state index in [9.17, 15) is 4.39 Å². The van der Waals surface area contributed by atoms with Crippen LogP contribution in [0.15, 0.2) is 34.9 Å². The van der Waals surface area contributed by atoms with Crippen molar-refractivity contribution in [1.29, 1.82) is 0 Å². The maximum atomic E-state index is 13.0. The molecule has 1 aromatic heterocycles. The van der Waals surface area contributed by atoms with E-state index in [0.717, 1.165) is 0 Å². The van der Waals surface area contributed by atoms with Crippen LogP contribution in [0.25, 0.3) is 0 Å². The van der Waals surface area contributed by atoms with Gasteiger partial charge in [0.15, 0.2) is 0 Å². The topological polar surface area (TPSA) is 61.0 Å². The second-order valence-corrected chi connectivity index (χ2v) is 4.07. The molecule has 0 saturated carbocycles. The maximum Gasteiger partial charge on any atom is 0.322 e. The lowest BCUT2D eigenvalue weighted by atomic mass is 10.3. The van der Waals surface area contributed by atoms with Crippen LogP contribution in [0.5, 0.6) is 11.8 Å². The summed E-state index contributed by atoms with van der Waals surface area (Å²) in [5, 5.41) is 0. The quantitative estimate of drug-likeness (QED) is 0.946. The number of aromatic nitrogens is 2. The van der Waals surface area contributed by atoms with Crippen molar-refractivity contribution in [2.24, 2.45) is 5.73 Å². The van der Waals surface area contributed by atoms with E-state index >= 15 is 0 Å². The fourth-order valence-electron chi connectivity index (χ4n) is 1.19. The maximum absolute atomic E-state index is 13.0. The first-order chi connectivity index (χ1) is 8.19. The number of nitrogens with zero attached hydrogens (tertiary/aromatic N) is 2. The molecule has 0 unspecified atom stereocenters. The highest BCUT2D eigenvalue weighted by atomic mass is 79.9. The molecule has 0 amide bonds. The molecule has 1 heterocycles. The summed E-state index contributed by atoms with van der Waals surface area (Å²) in [6, 6.07) is 5.96. The standard InChI is InChI=1S/C11H9BrFN3O/c12-9-2-1-7(13)5-10(9)17-11-15-4-3-8(6-14)16-11/h1-5H,6,14H2. The Hall–Kier alpha value is -1.53. The van der Waals surface area contributed by atoms with Crippen LogP contribution in [-0.2, 0) is 6.54 Å². The van der Waals surface area contributed by atoms with Crippen LogP contribution in [-0.4, -0.2) is 9.97 Å². The lowest BCUT2D eigenvalue weighted by Crippen LogP contribution is -2.01. The second-order valence-electron chi connectivity index (χ2n) is 3.21. The number of hydrogen-bond acceptors (Lipinski definition) is 4. The van der Waals surface area contributed by atoms with Crippen molar-refractivity contribution in [2.45, 2.75) is 6.54 Å². The summed E-state index contributed by atoms with van der Waals surface area (Å²) in [7, 11) is 0. The fourth-order valence-corrected chi connectivity index (χ4v) is 1.52. The molecule has 0 aliphatic rings. The van der Waals surface area contributed by atoms with E-state index in [1.54, 1.807) is 12.1 Å². The molecular formula is C11H9BrFN3O. The molecule has 17 heavy (non-hydrogen) atoms. The van der Waals surface area contributed by atoms with Gasteiger partial charge in [0, 0.05) is 18.8 Å². The Morgan fingerprint density at radius 1 is 1.35 bits per heavy atom. The van der Waals surface area contributed by atoms with Gasteiger partial charge in [-0.2, -0.15) is 4.98 Å². The highest BCUT2D eigenvalue weighted by Gasteiger charge is 2.06. The Bertz CT molecular complexity index is 536. The van der Waals surface area contributed by atoms with Crippen LogP contribution >= 0.6 is 15.9 Å². The molecule has 4 nitrogen and oxygen atoms in total. The molecule has 0 radical (unpaired) electrons. The normalized spacial score (nSPS) is 10.3. The predicted octanol–water partition coefficient (Wildman–Crippen LogP) is 2.63. The number of halogens is 2. The van der Waals surface area contributed by atoms with Gasteiger partial charge in [0.25, 0.3) is 0 Å². The van der Waals surface area contributed by atoms with E-state index in [-0.39, 0.29) is 6.01 Å². The molecule has 88 valence electrons. The Morgan fingerprint density at radius 2 is 2.18 bits per heavy atom. The molecule has 0 spiro atoms. The van der Waals surface area contributed by atoms with Crippen molar-refractivity contribution < 1.29 is 9.13 Å². The zero-order valence-corrected chi connectivity index (χ0v) is 10.3. The third-order valence-corrected chi connectivity index (χ3v) is 2.65. The number of benzene rings is 1. The van der Waals surface area contributed by atoms with Gasteiger partial charge in [0.2, 0.25) is 0 Å². The number of rotatable bonds is 3. The largest absolute Gasteiger partial charge is 0.423 e. The van der Waals surface area contributed by atoms with Crippen molar-refractivity contribution >= 4 is 15.9 Å². The van der Waals surface area contributed by atoms with Gasteiger partial charge < -0.3 is 10.5 Å². The molecule has 2 rings (SSSR count). The average molecular weight is 298 g/mol. The highest BCUT2D eigenvalue weighted by Crippen LogP contribution is 2.28. The number of nitrogens with two attached hydrogens (primary N) is 1. The molecule has 1 aromatic carbocycles. The van der Waals surface area contributed by atoms with Gasteiger partial charge in [-0.3, -0.25) is 0 Å². The van der Waals surface area contributed by atoms with Crippen LogP contribution in [0.1, 0.15) is 5.69 Å². The second kappa shape index (κ2) is 5.20. The van der Waals surface area contributed by atoms with Gasteiger partial charge in [-0.25, -0.2) is 9.37 Å². The van der Waals surface area contributed by atoms with Crippen molar-refractivity contribution in [3.05, 3.63) is 46.4 Å². The molecule has 0 fully saturated rings. The van der Waals surface area contributed by atoms with Crippen LogP contribution in [0.2, 0.25) is 0 Å². The summed E-state index contributed by atoms with van der Waals surface area (Å²) in [5.41, 5.74) is 6.11.